The fourth-order valence-corrected chi connectivity index (χ4v) is 2.93. The van der Waals surface area contributed by atoms with Crippen molar-refractivity contribution in [3.05, 3.63) is 71.4 Å². The van der Waals surface area contributed by atoms with Gasteiger partial charge in [-0.3, -0.25) is 0 Å². The van der Waals surface area contributed by atoms with Crippen molar-refractivity contribution in [2.75, 3.05) is 6.54 Å². The second kappa shape index (κ2) is 5.51. The summed E-state index contributed by atoms with van der Waals surface area (Å²) in [5.41, 5.74) is 11.1. The van der Waals surface area contributed by atoms with Crippen LogP contribution in [0.3, 0.4) is 0 Å². The van der Waals surface area contributed by atoms with Crippen LogP contribution >= 0.6 is 0 Å². The van der Waals surface area contributed by atoms with Crippen LogP contribution in [0.4, 0.5) is 0 Å². The summed E-state index contributed by atoms with van der Waals surface area (Å²) < 4.78 is 2.40. The Morgan fingerprint density at radius 2 is 1.65 bits per heavy atom. The molecule has 0 bridgehead atoms. The number of hydrogen-bond acceptors (Lipinski definition) is 1. The first kappa shape index (κ1) is 12.9. The molecule has 2 heteroatoms. The SMILES string of the molecule is Cc1c(CCN)c2ccccc2n1Cc1ccccc1. The molecule has 3 rings (SSSR count). The van der Waals surface area contributed by atoms with E-state index < -0.39 is 0 Å². The Balaban J connectivity index is 2.12. The van der Waals surface area contributed by atoms with Crippen LogP contribution in [0.2, 0.25) is 0 Å². The van der Waals surface area contributed by atoms with Gasteiger partial charge in [0.2, 0.25) is 0 Å². The van der Waals surface area contributed by atoms with Crippen molar-refractivity contribution < 1.29 is 0 Å². The van der Waals surface area contributed by atoms with Gasteiger partial charge in [0.1, 0.15) is 0 Å². The number of rotatable bonds is 4. The predicted octanol–water partition coefficient (Wildman–Crippen LogP) is 3.50. The number of fused-ring (bicyclic) bond motifs is 1. The third-order valence-corrected chi connectivity index (χ3v) is 3.94. The van der Waals surface area contributed by atoms with Gasteiger partial charge in [-0.05, 0) is 37.1 Å². The van der Waals surface area contributed by atoms with Crippen LogP contribution in [0.5, 0.6) is 0 Å². The largest absolute Gasteiger partial charge is 0.340 e. The zero-order chi connectivity index (χ0) is 13.9. The third-order valence-electron chi connectivity index (χ3n) is 3.94. The number of para-hydroxylation sites is 1. The summed E-state index contributed by atoms with van der Waals surface area (Å²) in [6, 6.07) is 19.2. The van der Waals surface area contributed by atoms with Gasteiger partial charge in [0.05, 0.1) is 0 Å². The second-order valence-electron chi connectivity index (χ2n) is 5.19. The standard InChI is InChI=1S/C18H20N2/c1-14-16(11-12-19)17-9-5-6-10-18(17)20(14)13-15-7-3-2-4-8-15/h2-10H,11-13,19H2,1H3. The number of benzene rings is 2. The van der Waals surface area contributed by atoms with Gasteiger partial charge in [-0.2, -0.15) is 0 Å². The van der Waals surface area contributed by atoms with Crippen LogP contribution in [0, 0.1) is 6.92 Å². The Bertz CT molecular complexity index is 711. The highest BCUT2D eigenvalue weighted by Crippen LogP contribution is 2.26. The molecule has 2 aromatic carbocycles. The summed E-state index contributed by atoms with van der Waals surface area (Å²) in [5.74, 6) is 0. The highest BCUT2D eigenvalue weighted by atomic mass is 15.0. The van der Waals surface area contributed by atoms with Crippen LogP contribution < -0.4 is 5.73 Å². The maximum atomic E-state index is 5.77. The molecule has 2 nitrogen and oxygen atoms in total. The molecule has 20 heavy (non-hydrogen) atoms. The minimum Gasteiger partial charge on any atom is -0.340 e. The highest BCUT2D eigenvalue weighted by Gasteiger charge is 2.12. The van der Waals surface area contributed by atoms with Gasteiger partial charge in [0.15, 0.2) is 0 Å². The summed E-state index contributed by atoms with van der Waals surface area (Å²) in [7, 11) is 0. The number of aromatic nitrogens is 1. The van der Waals surface area contributed by atoms with E-state index in [1.165, 1.54) is 27.7 Å². The lowest BCUT2D eigenvalue weighted by Crippen LogP contribution is -2.05. The van der Waals surface area contributed by atoms with Gasteiger partial charge in [-0.1, -0.05) is 48.5 Å². The fraction of sp³-hybridized carbons (Fsp3) is 0.222. The fourth-order valence-electron chi connectivity index (χ4n) is 2.93. The zero-order valence-electron chi connectivity index (χ0n) is 11.8. The third kappa shape index (κ3) is 2.23. The maximum absolute atomic E-state index is 5.77. The number of hydrogen-bond donors (Lipinski definition) is 1. The van der Waals surface area contributed by atoms with E-state index in [0.29, 0.717) is 6.54 Å². The Hall–Kier alpha value is -2.06. The molecule has 0 aliphatic carbocycles. The first-order valence-corrected chi connectivity index (χ1v) is 7.12. The summed E-state index contributed by atoms with van der Waals surface area (Å²) in [6.45, 7) is 3.81. The van der Waals surface area contributed by atoms with Crippen LogP contribution in [0.25, 0.3) is 10.9 Å². The first-order valence-electron chi connectivity index (χ1n) is 7.12. The Morgan fingerprint density at radius 1 is 0.950 bits per heavy atom. The highest BCUT2D eigenvalue weighted by molar-refractivity contribution is 5.85. The normalized spacial score (nSPS) is 11.1. The molecule has 1 heterocycles. The molecular formula is C18H20N2. The quantitative estimate of drug-likeness (QED) is 0.768. The Labute approximate surface area is 119 Å². The van der Waals surface area contributed by atoms with Gasteiger partial charge >= 0.3 is 0 Å². The summed E-state index contributed by atoms with van der Waals surface area (Å²) in [6.07, 6.45) is 0.939. The minimum atomic E-state index is 0.695. The van der Waals surface area contributed by atoms with E-state index in [4.69, 9.17) is 5.73 Å². The molecule has 0 radical (unpaired) electrons. The average Bonchev–Trinajstić information content (AvgIpc) is 2.75. The molecule has 0 unspecified atom stereocenters. The van der Waals surface area contributed by atoms with Crippen molar-refractivity contribution >= 4 is 10.9 Å². The summed E-state index contributed by atoms with van der Waals surface area (Å²) in [5, 5.41) is 1.34. The van der Waals surface area contributed by atoms with Crippen molar-refractivity contribution in [2.45, 2.75) is 19.9 Å². The molecule has 0 aliphatic heterocycles. The first-order chi connectivity index (χ1) is 9.81. The molecule has 0 saturated carbocycles. The van der Waals surface area contributed by atoms with Crippen molar-refractivity contribution in [3.8, 4) is 0 Å². The van der Waals surface area contributed by atoms with Gasteiger partial charge in [-0.25, -0.2) is 0 Å². The van der Waals surface area contributed by atoms with Crippen molar-refractivity contribution in [1.29, 1.82) is 0 Å². The molecule has 3 aromatic rings. The second-order valence-corrected chi connectivity index (χ2v) is 5.19. The molecule has 102 valence electrons. The van der Waals surface area contributed by atoms with Crippen LogP contribution in [-0.4, -0.2) is 11.1 Å². The average molecular weight is 264 g/mol. The van der Waals surface area contributed by atoms with Crippen LogP contribution in [0.1, 0.15) is 16.8 Å². The molecule has 0 spiro atoms. The molecule has 0 amide bonds. The van der Waals surface area contributed by atoms with Crippen LogP contribution in [-0.2, 0) is 13.0 Å². The molecule has 1 aromatic heterocycles. The molecule has 0 fully saturated rings. The number of nitrogens with two attached hydrogens (primary N) is 1. The Morgan fingerprint density at radius 3 is 2.40 bits per heavy atom. The van der Waals surface area contributed by atoms with E-state index in [0.717, 1.165) is 13.0 Å². The summed E-state index contributed by atoms with van der Waals surface area (Å²) in [4.78, 5) is 0. The predicted molar refractivity (Wildman–Crippen MR) is 85.0 cm³/mol. The zero-order valence-corrected chi connectivity index (χ0v) is 11.8. The monoisotopic (exact) mass is 264 g/mol. The molecule has 0 aliphatic rings. The smallest absolute Gasteiger partial charge is 0.0488 e. The lowest BCUT2D eigenvalue weighted by molar-refractivity contribution is 0.792. The Kier molecular flexibility index (Phi) is 3.57. The van der Waals surface area contributed by atoms with E-state index >= 15 is 0 Å². The van der Waals surface area contributed by atoms with Crippen molar-refractivity contribution in [3.63, 3.8) is 0 Å². The van der Waals surface area contributed by atoms with Gasteiger partial charge in [-0.15, -0.1) is 0 Å². The van der Waals surface area contributed by atoms with E-state index in [-0.39, 0.29) is 0 Å². The molecular weight excluding hydrogens is 244 g/mol. The van der Waals surface area contributed by atoms with E-state index in [9.17, 15) is 0 Å². The molecule has 2 N–H and O–H groups in total. The lowest BCUT2D eigenvalue weighted by atomic mass is 10.1. The van der Waals surface area contributed by atoms with Crippen molar-refractivity contribution in [2.24, 2.45) is 5.73 Å². The maximum Gasteiger partial charge on any atom is 0.0488 e. The molecule has 0 saturated heterocycles. The van der Waals surface area contributed by atoms with Crippen LogP contribution in [0.15, 0.2) is 54.6 Å². The van der Waals surface area contributed by atoms with Crippen molar-refractivity contribution in [1.82, 2.24) is 4.57 Å². The van der Waals surface area contributed by atoms with Gasteiger partial charge < -0.3 is 10.3 Å². The van der Waals surface area contributed by atoms with E-state index in [2.05, 4.69) is 66.1 Å². The minimum absolute atomic E-state index is 0.695. The van der Waals surface area contributed by atoms with E-state index in [1.807, 2.05) is 0 Å². The number of nitrogens with zero attached hydrogens (tertiary/aromatic N) is 1. The summed E-state index contributed by atoms with van der Waals surface area (Å²) >= 11 is 0. The lowest BCUT2D eigenvalue weighted by Gasteiger charge is -2.09. The van der Waals surface area contributed by atoms with E-state index in [1.54, 1.807) is 0 Å². The topological polar surface area (TPSA) is 30.9 Å². The van der Waals surface area contributed by atoms with Gasteiger partial charge in [0.25, 0.3) is 0 Å². The molecule has 0 atom stereocenters. The van der Waals surface area contributed by atoms with Gasteiger partial charge in [0, 0.05) is 23.1 Å².